The van der Waals surface area contributed by atoms with Crippen LogP contribution in [0.3, 0.4) is 0 Å². The largest absolute Gasteiger partial charge is 0.337 e. The highest BCUT2D eigenvalue weighted by Gasteiger charge is 2.43. The summed E-state index contributed by atoms with van der Waals surface area (Å²) in [5.41, 5.74) is 1.17. The number of aryl methyl sites for hydroxylation is 3. The SMILES string of the molecule is Cc1nc([C@H](C)N(C)C(=O)NCC2(Cn3ccnc3C)CC2)c(C)s1. The Morgan fingerprint density at radius 2 is 2.16 bits per heavy atom. The fraction of sp³-hybridized carbons (Fsp3) is 0.611. The summed E-state index contributed by atoms with van der Waals surface area (Å²) in [5.74, 6) is 1.03. The van der Waals surface area contributed by atoms with E-state index in [0.29, 0.717) is 6.54 Å². The van der Waals surface area contributed by atoms with Gasteiger partial charge in [-0.1, -0.05) is 0 Å². The fourth-order valence-electron chi connectivity index (χ4n) is 3.18. The second kappa shape index (κ2) is 6.78. The van der Waals surface area contributed by atoms with Gasteiger partial charge >= 0.3 is 6.03 Å². The first-order chi connectivity index (χ1) is 11.8. The van der Waals surface area contributed by atoms with Gasteiger partial charge in [0.1, 0.15) is 5.82 Å². The zero-order chi connectivity index (χ0) is 18.2. The predicted octanol–water partition coefficient (Wildman–Crippen LogP) is 3.45. The van der Waals surface area contributed by atoms with Crippen molar-refractivity contribution in [3.63, 3.8) is 0 Å². The number of aromatic nitrogens is 3. The lowest BCUT2D eigenvalue weighted by atomic mass is 10.1. The van der Waals surface area contributed by atoms with Crippen LogP contribution < -0.4 is 5.32 Å². The summed E-state index contributed by atoms with van der Waals surface area (Å²) in [6.45, 7) is 9.74. The quantitative estimate of drug-likeness (QED) is 0.857. The second-order valence-electron chi connectivity index (χ2n) is 7.22. The molecule has 7 heteroatoms. The average molecular weight is 362 g/mol. The Morgan fingerprint density at radius 3 is 2.68 bits per heavy atom. The number of thiazole rings is 1. The van der Waals surface area contributed by atoms with Crippen LogP contribution in [0.25, 0.3) is 0 Å². The van der Waals surface area contributed by atoms with E-state index in [1.807, 2.05) is 40.2 Å². The molecule has 25 heavy (non-hydrogen) atoms. The van der Waals surface area contributed by atoms with Crippen molar-refractivity contribution in [3.05, 3.63) is 33.8 Å². The van der Waals surface area contributed by atoms with E-state index in [0.717, 1.165) is 35.9 Å². The lowest BCUT2D eigenvalue weighted by molar-refractivity contribution is 0.190. The number of rotatable bonds is 6. The molecule has 0 spiro atoms. The van der Waals surface area contributed by atoms with Gasteiger partial charge < -0.3 is 14.8 Å². The first-order valence-corrected chi connectivity index (χ1v) is 9.55. The van der Waals surface area contributed by atoms with Crippen LogP contribution in [0.1, 0.15) is 47.2 Å². The van der Waals surface area contributed by atoms with E-state index in [2.05, 4.69) is 26.8 Å². The minimum atomic E-state index is -0.0359. The lowest BCUT2D eigenvalue weighted by Gasteiger charge is -2.26. The molecule has 1 saturated carbocycles. The number of amides is 2. The third kappa shape index (κ3) is 3.86. The molecule has 2 aromatic heterocycles. The van der Waals surface area contributed by atoms with Crippen LogP contribution in [0.5, 0.6) is 0 Å². The van der Waals surface area contributed by atoms with Gasteiger partial charge in [0, 0.05) is 42.8 Å². The first kappa shape index (κ1) is 17.9. The van der Waals surface area contributed by atoms with Crippen LogP contribution >= 0.6 is 11.3 Å². The van der Waals surface area contributed by atoms with Gasteiger partial charge in [-0.05, 0) is 40.5 Å². The summed E-state index contributed by atoms with van der Waals surface area (Å²) in [6, 6.07) is -0.0674. The van der Waals surface area contributed by atoms with Crippen molar-refractivity contribution < 1.29 is 4.79 Å². The topological polar surface area (TPSA) is 63.1 Å². The highest BCUT2D eigenvalue weighted by Crippen LogP contribution is 2.46. The van der Waals surface area contributed by atoms with Crippen molar-refractivity contribution in [1.82, 2.24) is 24.8 Å². The summed E-state index contributed by atoms with van der Waals surface area (Å²) < 4.78 is 2.17. The third-order valence-electron chi connectivity index (χ3n) is 5.24. The van der Waals surface area contributed by atoms with Gasteiger partial charge in [-0.15, -0.1) is 11.3 Å². The van der Waals surface area contributed by atoms with Crippen molar-refractivity contribution >= 4 is 17.4 Å². The van der Waals surface area contributed by atoms with Crippen molar-refractivity contribution in [3.8, 4) is 0 Å². The Kier molecular flexibility index (Phi) is 4.86. The highest BCUT2D eigenvalue weighted by atomic mass is 32.1. The van der Waals surface area contributed by atoms with E-state index in [1.165, 1.54) is 4.88 Å². The van der Waals surface area contributed by atoms with Gasteiger partial charge in [0.05, 0.1) is 16.7 Å². The van der Waals surface area contributed by atoms with E-state index in [4.69, 9.17) is 0 Å². The molecular formula is C18H27N5OS. The Bertz CT molecular complexity index is 761. The molecule has 1 aliphatic carbocycles. The standard InChI is InChI=1S/C18H27N5OS/c1-12(16-13(2)25-15(4)21-16)22(5)17(24)20-10-18(6-7-18)11-23-9-8-19-14(23)3/h8-9,12H,6-7,10-11H2,1-5H3,(H,20,24)/t12-/m0/s1. The van der Waals surface area contributed by atoms with Crippen molar-refractivity contribution in [2.75, 3.05) is 13.6 Å². The maximum absolute atomic E-state index is 12.6. The third-order valence-corrected chi connectivity index (χ3v) is 6.14. The van der Waals surface area contributed by atoms with Crippen LogP contribution in [0, 0.1) is 26.2 Å². The van der Waals surface area contributed by atoms with Gasteiger partial charge in [0.25, 0.3) is 0 Å². The number of hydrogen-bond donors (Lipinski definition) is 1. The van der Waals surface area contributed by atoms with Crippen LogP contribution in [0.4, 0.5) is 4.79 Å². The Labute approximate surface area is 153 Å². The van der Waals surface area contributed by atoms with E-state index < -0.39 is 0 Å². The molecule has 6 nitrogen and oxygen atoms in total. The number of nitrogens with zero attached hydrogens (tertiary/aromatic N) is 4. The smallest absolute Gasteiger partial charge is 0.317 e. The zero-order valence-corrected chi connectivity index (χ0v) is 16.5. The van der Waals surface area contributed by atoms with Crippen molar-refractivity contribution in [2.45, 2.75) is 53.1 Å². The van der Waals surface area contributed by atoms with Crippen molar-refractivity contribution in [1.29, 1.82) is 0 Å². The summed E-state index contributed by atoms with van der Waals surface area (Å²) in [6.07, 6.45) is 6.14. The number of urea groups is 1. The van der Waals surface area contributed by atoms with Crippen LogP contribution in [0.15, 0.2) is 12.4 Å². The van der Waals surface area contributed by atoms with Crippen molar-refractivity contribution in [2.24, 2.45) is 5.41 Å². The summed E-state index contributed by atoms with van der Waals surface area (Å²) >= 11 is 1.68. The molecule has 1 atom stereocenters. The zero-order valence-electron chi connectivity index (χ0n) is 15.7. The molecule has 0 radical (unpaired) electrons. The summed E-state index contributed by atoms with van der Waals surface area (Å²) in [5, 5.41) is 4.17. The van der Waals surface area contributed by atoms with Gasteiger partial charge in [-0.3, -0.25) is 0 Å². The van der Waals surface area contributed by atoms with Crippen LogP contribution in [-0.2, 0) is 6.54 Å². The summed E-state index contributed by atoms with van der Waals surface area (Å²) in [7, 11) is 1.84. The fourth-order valence-corrected chi connectivity index (χ4v) is 4.09. The maximum Gasteiger partial charge on any atom is 0.317 e. The molecular weight excluding hydrogens is 334 g/mol. The minimum absolute atomic E-state index is 0.0315. The van der Waals surface area contributed by atoms with E-state index >= 15 is 0 Å². The normalized spacial score (nSPS) is 16.5. The van der Waals surface area contributed by atoms with Crippen LogP contribution in [0.2, 0.25) is 0 Å². The van der Waals surface area contributed by atoms with Gasteiger partial charge in [0.15, 0.2) is 0 Å². The molecule has 0 bridgehead atoms. The maximum atomic E-state index is 12.6. The highest BCUT2D eigenvalue weighted by molar-refractivity contribution is 7.11. The van der Waals surface area contributed by atoms with Gasteiger partial charge in [-0.25, -0.2) is 14.8 Å². The molecule has 1 fully saturated rings. The number of imidazole rings is 1. The lowest BCUT2D eigenvalue weighted by Crippen LogP contribution is -2.42. The Balaban J connectivity index is 1.57. The van der Waals surface area contributed by atoms with Gasteiger partial charge in [0.2, 0.25) is 0 Å². The molecule has 3 rings (SSSR count). The molecule has 2 aromatic rings. The molecule has 1 aliphatic rings. The monoisotopic (exact) mass is 361 g/mol. The average Bonchev–Trinajstić information content (AvgIpc) is 3.10. The number of nitrogens with one attached hydrogen (secondary N) is 1. The number of carbonyl (C=O) groups excluding carboxylic acids is 1. The van der Waals surface area contributed by atoms with Crippen LogP contribution in [-0.4, -0.2) is 39.1 Å². The predicted molar refractivity (Wildman–Crippen MR) is 99.8 cm³/mol. The van der Waals surface area contributed by atoms with E-state index in [9.17, 15) is 4.79 Å². The Hall–Kier alpha value is -1.89. The molecule has 136 valence electrons. The summed E-state index contributed by atoms with van der Waals surface area (Å²) in [4.78, 5) is 24.4. The molecule has 1 N–H and O–H groups in total. The molecule has 2 amide bonds. The second-order valence-corrected chi connectivity index (χ2v) is 8.63. The molecule has 0 saturated heterocycles. The Morgan fingerprint density at radius 1 is 1.44 bits per heavy atom. The molecule has 0 aromatic carbocycles. The number of carbonyl (C=O) groups is 1. The van der Waals surface area contributed by atoms with E-state index in [1.54, 1.807) is 16.2 Å². The van der Waals surface area contributed by atoms with E-state index in [-0.39, 0.29) is 17.5 Å². The minimum Gasteiger partial charge on any atom is -0.337 e. The molecule has 0 aliphatic heterocycles. The molecule has 0 unspecified atom stereocenters. The first-order valence-electron chi connectivity index (χ1n) is 8.74. The number of hydrogen-bond acceptors (Lipinski definition) is 4. The van der Waals surface area contributed by atoms with Gasteiger partial charge in [-0.2, -0.15) is 0 Å². The molecule has 2 heterocycles.